The number of amides is 1. The molecule has 0 saturated carbocycles. The molecule has 0 bridgehead atoms. The van der Waals surface area contributed by atoms with Gasteiger partial charge in [0.1, 0.15) is 0 Å². The van der Waals surface area contributed by atoms with E-state index in [1.807, 2.05) is 29.6 Å². The number of aryl methyl sites for hydroxylation is 1. The van der Waals surface area contributed by atoms with Gasteiger partial charge in [-0.05, 0) is 19.1 Å². The number of H-pyrrole nitrogens is 1. The Morgan fingerprint density at radius 1 is 1.31 bits per heavy atom. The Morgan fingerprint density at radius 2 is 2.04 bits per heavy atom. The number of hydrogen-bond donors (Lipinski definition) is 2. The number of halogens is 2. The maximum absolute atomic E-state index is 12.1. The van der Waals surface area contributed by atoms with E-state index in [2.05, 4.69) is 36.2 Å². The SMILES string of the molecule is Cc1cc(=O)[nH]c(SCC(=O)Nc2nc(-c3ccc(Br)cc3)cs2)n1.Cl. The van der Waals surface area contributed by atoms with Crippen LogP contribution >= 0.6 is 51.4 Å². The highest BCUT2D eigenvalue weighted by atomic mass is 79.9. The topological polar surface area (TPSA) is 87.7 Å². The van der Waals surface area contributed by atoms with Gasteiger partial charge in [-0.2, -0.15) is 0 Å². The molecule has 136 valence electrons. The molecule has 2 N–H and O–H groups in total. The first-order valence-corrected chi connectivity index (χ1v) is 9.87. The highest BCUT2D eigenvalue weighted by Gasteiger charge is 2.10. The van der Waals surface area contributed by atoms with E-state index >= 15 is 0 Å². The predicted molar refractivity (Wildman–Crippen MR) is 111 cm³/mol. The van der Waals surface area contributed by atoms with Crippen LogP contribution in [0.1, 0.15) is 5.69 Å². The zero-order valence-electron chi connectivity index (χ0n) is 13.5. The van der Waals surface area contributed by atoms with Crippen molar-refractivity contribution in [2.45, 2.75) is 12.1 Å². The van der Waals surface area contributed by atoms with E-state index < -0.39 is 0 Å². The average Bonchev–Trinajstić information content (AvgIpc) is 3.01. The van der Waals surface area contributed by atoms with Crippen LogP contribution in [0.15, 0.2) is 50.1 Å². The van der Waals surface area contributed by atoms with Crippen LogP contribution in [0.25, 0.3) is 11.3 Å². The Morgan fingerprint density at radius 3 is 2.73 bits per heavy atom. The van der Waals surface area contributed by atoms with Crippen LogP contribution in [0.2, 0.25) is 0 Å². The summed E-state index contributed by atoms with van der Waals surface area (Å²) >= 11 is 5.94. The van der Waals surface area contributed by atoms with Crippen molar-refractivity contribution in [1.29, 1.82) is 0 Å². The zero-order valence-corrected chi connectivity index (χ0v) is 17.5. The van der Waals surface area contributed by atoms with Crippen molar-refractivity contribution in [3.8, 4) is 11.3 Å². The summed E-state index contributed by atoms with van der Waals surface area (Å²) < 4.78 is 1.000. The number of hydrogen-bond acceptors (Lipinski definition) is 6. The molecule has 1 amide bonds. The number of aromatic nitrogens is 3. The fourth-order valence-corrected chi connectivity index (χ4v) is 3.72. The van der Waals surface area contributed by atoms with Gasteiger partial charge >= 0.3 is 0 Å². The van der Waals surface area contributed by atoms with Gasteiger partial charge in [0.05, 0.1) is 11.4 Å². The highest BCUT2D eigenvalue weighted by molar-refractivity contribution is 9.10. The van der Waals surface area contributed by atoms with E-state index in [0.29, 0.717) is 16.0 Å². The lowest BCUT2D eigenvalue weighted by atomic mass is 10.2. The lowest BCUT2D eigenvalue weighted by Gasteiger charge is -2.02. The van der Waals surface area contributed by atoms with Gasteiger partial charge in [-0.15, -0.1) is 23.7 Å². The second-order valence-electron chi connectivity index (χ2n) is 5.07. The molecule has 3 rings (SSSR count). The van der Waals surface area contributed by atoms with Crippen molar-refractivity contribution in [3.63, 3.8) is 0 Å². The minimum atomic E-state index is -0.227. The average molecular weight is 474 g/mol. The first-order valence-electron chi connectivity index (χ1n) is 7.22. The van der Waals surface area contributed by atoms with Crippen LogP contribution in [0.4, 0.5) is 5.13 Å². The third kappa shape index (κ3) is 5.66. The van der Waals surface area contributed by atoms with Crippen molar-refractivity contribution in [3.05, 3.63) is 56.2 Å². The molecule has 10 heteroatoms. The number of carbonyl (C=O) groups is 1. The van der Waals surface area contributed by atoms with Crippen molar-refractivity contribution in [2.24, 2.45) is 0 Å². The van der Waals surface area contributed by atoms with E-state index in [1.54, 1.807) is 6.92 Å². The number of thiazole rings is 1. The molecule has 0 radical (unpaired) electrons. The molecule has 26 heavy (non-hydrogen) atoms. The van der Waals surface area contributed by atoms with Crippen LogP contribution in [0, 0.1) is 6.92 Å². The van der Waals surface area contributed by atoms with E-state index in [1.165, 1.54) is 29.2 Å². The van der Waals surface area contributed by atoms with Gasteiger partial charge < -0.3 is 10.3 Å². The van der Waals surface area contributed by atoms with E-state index in [0.717, 1.165) is 15.7 Å². The quantitative estimate of drug-likeness (QED) is 0.430. The van der Waals surface area contributed by atoms with Crippen LogP contribution in [0.3, 0.4) is 0 Å². The molecule has 0 aliphatic carbocycles. The predicted octanol–water partition coefficient (Wildman–Crippen LogP) is 4.12. The number of nitrogens with one attached hydrogen (secondary N) is 2. The molecule has 3 aromatic rings. The second kappa shape index (κ2) is 9.31. The molecule has 6 nitrogen and oxygen atoms in total. The maximum Gasteiger partial charge on any atom is 0.251 e. The van der Waals surface area contributed by atoms with Gasteiger partial charge in [0.25, 0.3) is 5.56 Å². The fourth-order valence-electron chi connectivity index (χ4n) is 1.99. The molecule has 0 unspecified atom stereocenters. The number of anilines is 1. The Hall–Kier alpha value is -1.68. The van der Waals surface area contributed by atoms with Crippen molar-refractivity contribution < 1.29 is 4.79 Å². The van der Waals surface area contributed by atoms with Gasteiger partial charge in [0.2, 0.25) is 5.91 Å². The molecule has 1 aromatic carbocycles. The highest BCUT2D eigenvalue weighted by Crippen LogP contribution is 2.26. The summed E-state index contributed by atoms with van der Waals surface area (Å²) in [5, 5.41) is 5.62. The van der Waals surface area contributed by atoms with E-state index in [4.69, 9.17) is 0 Å². The molecule has 2 aromatic heterocycles. The molecule has 2 heterocycles. The molecular weight excluding hydrogens is 460 g/mol. The third-order valence-corrected chi connectivity index (χ3v) is 5.24. The van der Waals surface area contributed by atoms with Crippen molar-refractivity contribution in [2.75, 3.05) is 11.1 Å². The number of benzene rings is 1. The third-order valence-electron chi connectivity index (χ3n) is 3.08. The lowest BCUT2D eigenvalue weighted by Crippen LogP contribution is -2.15. The normalized spacial score (nSPS) is 10.2. The molecule has 0 atom stereocenters. The summed E-state index contributed by atoms with van der Waals surface area (Å²) in [6, 6.07) is 9.21. The summed E-state index contributed by atoms with van der Waals surface area (Å²) in [6.07, 6.45) is 0. The summed E-state index contributed by atoms with van der Waals surface area (Å²) in [5.74, 6) is -0.0644. The Labute approximate surface area is 172 Å². The first kappa shape index (κ1) is 20.6. The Kier molecular flexibility index (Phi) is 7.39. The maximum atomic E-state index is 12.1. The fraction of sp³-hybridized carbons (Fsp3) is 0.125. The van der Waals surface area contributed by atoms with Crippen molar-refractivity contribution >= 4 is 62.5 Å². The Balaban J connectivity index is 0.00000243. The van der Waals surface area contributed by atoms with Gasteiger partial charge in [-0.1, -0.05) is 39.8 Å². The minimum absolute atomic E-state index is 0. The molecular formula is C16H14BrClN4O2S2. The minimum Gasteiger partial charge on any atom is -0.301 e. The number of rotatable bonds is 5. The summed E-state index contributed by atoms with van der Waals surface area (Å²) in [5.41, 5.74) is 2.18. The second-order valence-corrected chi connectivity index (χ2v) is 7.81. The number of nitrogens with zero attached hydrogens (tertiary/aromatic N) is 2. The Bertz CT molecular complexity index is 959. The molecule has 0 spiro atoms. The van der Waals surface area contributed by atoms with Gasteiger partial charge in [-0.3, -0.25) is 9.59 Å². The zero-order chi connectivity index (χ0) is 17.8. The van der Waals surface area contributed by atoms with Crippen LogP contribution in [0.5, 0.6) is 0 Å². The standard InChI is InChI=1S/C16H13BrN4O2S2.ClH/c1-9-6-13(22)20-15(18-9)25-8-14(23)21-16-19-12(7-24-16)10-2-4-11(17)5-3-10;/h2-7H,8H2,1H3,(H,18,20,22)(H,19,21,23);1H. The smallest absolute Gasteiger partial charge is 0.251 e. The largest absolute Gasteiger partial charge is 0.301 e. The number of carbonyl (C=O) groups excluding carboxylic acids is 1. The number of thioether (sulfide) groups is 1. The van der Waals surface area contributed by atoms with Crippen LogP contribution in [-0.2, 0) is 4.79 Å². The van der Waals surface area contributed by atoms with Gasteiger partial charge in [0.15, 0.2) is 10.3 Å². The van der Waals surface area contributed by atoms with Gasteiger partial charge in [-0.25, -0.2) is 9.97 Å². The summed E-state index contributed by atoms with van der Waals surface area (Å²) in [7, 11) is 0. The molecule has 0 fully saturated rings. The molecule has 0 saturated heterocycles. The molecule has 0 aliphatic rings. The number of aromatic amines is 1. The summed E-state index contributed by atoms with van der Waals surface area (Å²) in [4.78, 5) is 34.6. The summed E-state index contributed by atoms with van der Waals surface area (Å²) in [6.45, 7) is 1.73. The monoisotopic (exact) mass is 472 g/mol. The van der Waals surface area contributed by atoms with E-state index in [-0.39, 0.29) is 29.6 Å². The van der Waals surface area contributed by atoms with E-state index in [9.17, 15) is 9.59 Å². The van der Waals surface area contributed by atoms with Gasteiger partial charge in [0, 0.05) is 27.2 Å². The lowest BCUT2D eigenvalue weighted by molar-refractivity contribution is -0.113. The molecule has 0 aliphatic heterocycles. The van der Waals surface area contributed by atoms with Crippen molar-refractivity contribution in [1.82, 2.24) is 15.0 Å². The first-order chi connectivity index (χ1) is 12.0. The van der Waals surface area contributed by atoms with Crippen LogP contribution < -0.4 is 10.9 Å². The van der Waals surface area contributed by atoms with Crippen LogP contribution in [-0.4, -0.2) is 26.6 Å².